The normalized spacial score (nSPS) is 25.2. The molecule has 1 unspecified atom stereocenters. The summed E-state index contributed by atoms with van der Waals surface area (Å²) in [6.45, 7) is 4.52. The molecule has 3 nitrogen and oxygen atoms in total. The number of thiophene rings is 1. The van der Waals surface area contributed by atoms with E-state index in [1.54, 1.807) is 11.3 Å². The van der Waals surface area contributed by atoms with E-state index in [1.165, 1.54) is 5.56 Å². The molecule has 1 aromatic rings. The molecule has 1 aromatic heterocycles. The van der Waals surface area contributed by atoms with Gasteiger partial charge in [-0.15, -0.1) is 11.3 Å². The number of halogens is 1. The molecule has 1 aliphatic rings. The molecule has 1 N–H and O–H groups in total. The fourth-order valence-electron chi connectivity index (χ4n) is 2.66. The van der Waals surface area contributed by atoms with Crippen LogP contribution >= 0.6 is 27.3 Å². The quantitative estimate of drug-likeness (QED) is 0.916. The van der Waals surface area contributed by atoms with Gasteiger partial charge in [-0.3, -0.25) is 9.69 Å². The van der Waals surface area contributed by atoms with Crippen molar-refractivity contribution in [1.29, 1.82) is 0 Å². The van der Waals surface area contributed by atoms with Gasteiger partial charge in [0.05, 0.1) is 9.20 Å². The number of carbonyl (C=O) groups is 1. The maximum absolute atomic E-state index is 11.5. The summed E-state index contributed by atoms with van der Waals surface area (Å²) in [7, 11) is 0. The predicted molar refractivity (Wildman–Crippen MR) is 76.9 cm³/mol. The first-order chi connectivity index (χ1) is 8.55. The van der Waals surface area contributed by atoms with Crippen molar-refractivity contribution < 1.29 is 9.90 Å². The van der Waals surface area contributed by atoms with Crippen molar-refractivity contribution >= 4 is 33.2 Å². The Kier molecular flexibility index (Phi) is 4.45. The number of rotatable bonds is 4. The zero-order valence-electron chi connectivity index (χ0n) is 10.5. The highest BCUT2D eigenvalue weighted by molar-refractivity contribution is 9.11. The Balaban J connectivity index is 2.04. The van der Waals surface area contributed by atoms with E-state index in [2.05, 4.69) is 32.3 Å². The summed E-state index contributed by atoms with van der Waals surface area (Å²) >= 11 is 5.14. The molecule has 2 rings (SSSR count). The van der Waals surface area contributed by atoms with E-state index in [9.17, 15) is 9.90 Å². The summed E-state index contributed by atoms with van der Waals surface area (Å²) < 4.78 is 1.13. The number of aliphatic carboxylic acids is 1. The van der Waals surface area contributed by atoms with Gasteiger partial charge in [-0.25, -0.2) is 0 Å². The van der Waals surface area contributed by atoms with Gasteiger partial charge < -0.3 is 5.11 Å². The Morgan fingerprint density at radius 2 is 2.44 bits per heavy atom. The van der Waals surface area contributed by atoms with E-state index in [4.69, 9.17) is 0 Å². The van der Waals surface area contributed by atoms with E-state index < -0.39 is 11.4 Å². The average molecular weight is 332 g/mol. The fraction of sp³-hybridized carbons (Fsp3) is 0.615. The first kappa shape index (κ1) is 14.0. The van der Waals surface area contributed by atoms with Crippen molar-refractivity contribution in [2.24, 2.45) is 5.41 Å². The Hall–Kier alpha value is -0.390. The summed E-state index contributed by atoms with van der Waals surface area (Å²) in [5.41, 5.74) is 0.732. The van der Waals surface area contributed by atoms with Gasteiger partial charge in [0.2, 0.25) is 0 Å². The lowest BCUT2D eigenvalue weighted by atomic mass is 9.77. The molecule has 100 valence electrons. The molecule has 1 aliphatic heterocycles. The molecule has 1 fully saturated rings. The lowest BCUT2D eigenvalue weighted by Crippen LogP contribution is -2.47. The van der Waals surface area contributed by atoms with E-state index in [0.29, 0.717) is 13.0 Å². The molecule has 0 spiro atoms. The fourth-order valence-corrected chi connectivity index (χ4v) is 3.86. The monoisotopic (exact) mass is 331 g/mol. The van der Waals surface area contributed by atoms with Gasteiger partial charge in [0.15, 0.2) is 0 Å². The van der Waals surface area contributed by atoms with Crippen molar-refractivity contribution in [3.63, 3.8) is 0 Å². The van der Waals surface area contributed by atoms with Gasteiger partial charge in [-0.1, -0.05) is 6.92 Å². The summed E-state index contributed by atoms with van der Waals surface area (Å²) in [5.74, 6) is -0.638. The van der Waals surface area contributed by atoms with Gasteiger partial charge in [0, 0.05) is 13.1 Å². The molecular formula is C13H18BrNO2S. The second kappa shape index (κ2) is 5.72. The molecule has 2 heterocycles. The highest BCUT2D eigenvalue weighted by Gasteiger charge is 2.40. The highest BCUT2D eigenvalue weighted by atomic mass is 79.9. The van der Waals surface area contributed by atoms with Gasteiger partial charge >= 0.3 is 5.97 Å². The Labute approximate surface area is 120 Å². The van der Waals surface area contributed by atoms with Gasteiger partial charge in [-0.2, -0.15) is 0 Å². The number of carboxylic acids is 1. The summed E-state index contributed by atoms with van der Waals surface area (Å²) in [4.78, 5) is 13.8. The minimum atomic E-state index is -0.638. The molecule has 0 aromatic carbocycles. The van der Waals surface area contributed by atoms with Crippen LogP contribution in [0.2, 0.25) is 0 Å². The van der Waals surface area contributed by atoms with Crippen molar-refractivity contribution in [3.8, 4) is 0 Å². The summed E-state index contributed by atoms with van der Waals surface area (Å²) in [6.07, 6.45) is 2.50. The minimum absolute atomic E-state index is 0.536. The maximum atomic E-state index is 11.5. The third-order valence-electron chi connectivity index (χ3n) is 3.81. The lowest BCUT2D eigenvalue weighted by molar-refractivity contribution is -0.153. The van der Waals surface area contributed by atoms with E-state index in [0.717, 1.165) is 29.7 Å². The molecule has 1 atom stereocenters. The van der Waals surface area contributed by atoms with Gasteiger partial charge in [0.25, 0.3) is 0 Å². The van der Waals surface area contributed by atoms with Crippen molar-refractivity contribution in [3.05, 3.63) is 20.8 Å². The van der Waals surface area contributed by atoms with Gasteiger partial charge in [-0.05, 0) is 58.7 Å². The Bertz CT molecular complexity index is 434. The first-order valence-electron chi connectivity index (χ1n) is 6.24. The molecule has 0 radical (unpaired) electrons. The number of piperidine rings is 1. The molecule has 18 heavy (non-hydrogen) atoms. The number of hydrogen-bond acceptors (Lipinski definition) is 3. The number of hydrogen-bond donors (Lipinski definition) is 1. The van der Waals surface area contributed by atoms with E-state index >= 15 is 0 Å². The van der Waals surface area contributed by atoms with Crippen molar-refractivity contribution in [1.82, 2.24) is 4.90 Å². The molecular weight excluding hydrogens is 314 g/mol. The highest BCUT2D eigenvalue weighted by Crippen LogP contribution is 2.34. The maximum Gasteiger partial charge on any atom is 0.310 e. The summed E-state index contributed by atoms with van der Waals surface area (Å²) in [6, 6.07) is 2.12. The SMILES string of the molecule is CCC1(C(=O)O)CCCN(Cc2csc(Br)c2)C1. The molecule has 1 saturated heterocycles. The van der Waals surface area contributed by atoms with Crippen molar-refractivity contribution in [2.45, 2.75) is 32.7 Å². The number of likely N-dealkylation sites (tertiary alicyclic amines) is 1. The lowest BCUT2D eigenvalue weighted by Gasteiger charge is -2.39. The van der Waals surface area contributed by atoms with Crippen LogP contribution in [-0.2, 0) is 11.3 Å². The predicted octanol–water partition coefficient (Wildman–Crippen LogP) is 3.59. The number of nitrogens with zero attached hydrogens (tertiary/aromatic N) is 1. The van der Waals surface area contributed by atoms with Crippen LogP contribution in [0.4, 0.5) is 0 Å². The smallest absolute Gasteiger partial charge is 0.310 e. The first-order valence-corrected chi connectivity index (χ1v) is 7.92. The van der Waals surface area contributed by atoms with Crippen LogP contribution in [0.25, 0.3) is 0 Å². The van der Waals surface area contributed by atoms with E-state index in [1.807, 2.05) is 6.92 Å². The van der Waals surface area contributed by atoms with Crippen LogP contribution in [0.3, 0.4) is 0 Å². The molecule has 0 bridgehead atoms. The molecule has 0 amide bonds. The number of carboxylic acid groups (broad SMARTS) is 1. The second-order valence-electron chi connectivity index (χ2n) is 5.01. The molecule has 0 aliphatic carbocycles. The topological polar surface area (TPSA) is 40.5 Å². The minimum Gasteiger partial charge on any atom is -0.481 e. The third kappa shape index (κ3) is 2.95. The van der Waals surface area contributed by atoms with Crippen LogP contribution in [0.5, 0.6) is 0 Å². The van der Waals surface area contributed by atoms with Crippen LogP contribution in [0, 0.1) is 5.41 Å². The van der Waals surface area contributed by atoms with Crippen LogP contribution in [-0.4, -0.2) is 29.1 Å². The van der Waals surface area contributed by atoms with Crippen LogP contribution < -0.4 is 0 Å². The summed E-state index contributed by atoms with van der Waals surface area (Å²) in [5, 5.41) is 11.6. The third-order valence-corrected chi connectivity index (χ3v) is 5.37. The zero-order valence-corrected chi connectivity index (χ0v) is 12.9. The zero-order chi connectivity index (χ0) is 13.2. The average Bonchev–Trinajstić information content (AvgIpc) is 2.74. The molecule has 0 saturated carbocycles. The second-order valence-corrected chi connectivity index (χ2v) is 7.30. The largest absolute Gasteiger partial charge is 0.481 e. The van der Waals surface area contributed by atoms with Crippen LogP contribution in [0.15, 0.2) is 15.2 Å². The van der Waals surface area contributed by atoms with Gasteiger partial charge in [0.1, 0.15) is 0 Å². The standard InChI is InChI=1S/C13H18BrNO2S/c1-2-13(12(16)17)4-3-5-15(9-13)7-10-6-11(14)18-8-10/h6,8H,2-5,7,9H2,1H3,(H,16,17). The Morgan fingerprint density at radius 1 is 1.67 bits per heavy atom. The molecule has 5 heteroatoms. The van der Waals surface area contributed by atoms with E-state index in [-0.39, 0.29) is 0 Å². The van der Waals surface area contributed by atoms with Crippen LogP contribution in [0.1, 0.15) is 31.7 Å². The van der Waals surface area contributed by atoms with Crippen molar-refractivity contribution in [2.75, 3.05) is 13.1 Å². The Morgan fingerprint density at radius 3 is 3.00 bits per heavy atom.